The summed E-state index contributed by atoms with van der Waals surface area (Å²) in [6.07, 6.45) is 10.0. The quantitative estimate of drug-likeness (QED) is 0.257. The average Bonchev–Trinajstić information content (AvgIpc) is 2.76. The molecule has 1 aliphatic rings. The van der Waals surface area contributed by atoms with Gasteiger partial charge in [-0.2, -0.15) is 0 Å². The number of hydrogen-bond donors (Lipinski definition) is 0. The Kier molecular flexibility index (Phi) is 8.15. The molecule has 0 aliphatic heterocycles. The van der Waals surface area contributed by atoms with Gasteiger partial charge < -0.3 is 9.47 Å². The lowest BCUT2D eigenvalue weighted by Gasteiger charge is -2.28. The fourth-order valence-corrected chi connectivity index (χ4v) is 4.19. The van der Waals surface area contributed by atoms with Crippen LogP contribution < -0.4 is 9.47 Å². The Morgan fingerprint density at radius 3 is 2.14 bits per heavy atom. The minimum atomic E-state index is -0.335. The molecule has 2 aromatic rings. The van der Waals surface area contributed by atoms with E-state index >= 15 is 0 Å². The van der Waals surface area contributed by atoms with Gasteiger partial charge in [0.15, 0.2) is 0 Å². The van der Waals surface area contributed by atoms with Crippen molar-refractivity contribution in [3.8, 4) is 11.5 Å². The second-order valence-corrected chi connectivity index (χ2v) is 8.19. The van der Waals surface area contributed by atoms with Gasteiger partial charge in [0.05, 0.1) is 12.2 Å². The van der Waals surface area contributed by atoms with Crippen LogP contribution in [-0.4, -0.2) is 12.6 Å². The van der Waals surface area contributed by atoms with E-state index in [4.69, 9.17) is 9.47 Å². The normalized spacial score (nSPS) is 19.0. The molecule has 0 heterocycles. The summed E-state index contributed by atoms with van der Waals surface area (Å²) >= 11 is 0. The molecule has 0 saturated heterocycles. The van der Waals surface area contributed by atoms with Crippen molar-refractivity contribution in [2.24, 2.45) is 5.92 Å². The minimum absolute atomic E-state index is 0.335. The Balaban J connectivity index is 1.51. The highest BCUT2D eigenvalue weighted by molar-refractivity contribution is 5.91. The van der Waals surface area contributed by atoms with Gasteiger partial charge in [-0.25, -0.2) is 4.79 Å². The summed E-state index contributed by atoms with van der Waals surface area (Å²) in [5.74, 6) is 2.61. The highest BCUT2D eigenvalue weighted by Gasteiger charge is 2.21. The summed E-state index contributed by atoms with van der Waals surface area (Å²) in [6, 6.07) is 15.3. The molecule has 156 valence electrons. The van der Waals surface area contributed by atoms with Gasteiger partial charge in [0.1, 0.15) is 11.5 Å². The molecule has 0 radical (unpaired) electrons. The Hall–Kier alpha value is -2.29. The number of carbonyl (C=O) groups is 1. The van der Waals surface area contributed by atoms with Crippen molar-refractivity contribution in [3.63, 3.8) is 0 Å². The first kappa shape index (κ1) is 21.4. The van der Waals surface area contributed by atoms with Gasteiger partial charge in [0, 0.05) is 0 Å². The van der Waals surface area contributed by atoms with Crippen molar-refractivity contribution < 1.29 is 14.3 Å². The Morgan fingerprint density at radius 1 is 0.862 bits per heavy atom. The maximum Gasteiger partial charge on any atom is 0.343 e. The van der Waals surface area contributed by atoms with Crippen LogP contribution in [0.15, 0.2) is 48.5 Å². The van der Waals surface area contributed by atoms with Crippen LogP contribution in [0.3, 0.4) is 0 Å². The predicted molar refractivity (Wildman–Crippen MR) is 118 cm³/mol. The molecule has 0 N–H and O–H groups in total. The van der Waals surface area contributed by atoms with Crippen LogP contribution in [0.1, 0.15) is 87.1 Å². The monoisotopic (exact) mass is 394 g/mol. The number of ether oxygens (including phenoxy) is 2. The first-order valence-electron chi connectivity index (χ1n) is 11.2. The van der Waals surface area contributed by atoms with Gasteiger partial charge in [-0.1, -0.05) is 45.2 Å². The zero-order valence-corrected chi connectivity index (χ0v) is 17.9. The van der Waals surface area contributed by atoms with E-state index in [0.717, 1.165) is 24.5 Å². The van der Waals surface area contributed by atoms with E-state index in [2.05, 4.69) is 26.0 Å². The van der Waals surface area contributed by atoms with Crippen molar-refractivity contribution in [1.82, 2.24) is 0 Å². The molecule has 1 fully saturated rings. The third kappa shape index (κ3) is 6.35. The number of esters is 1. The van der Waals surface area contributed by atoms with E-state index in [0.29, 0.717) is 23.8 Å². The van der Waals surface area contributed by atoms with Gasteiger partial charge in [-0.3, -0.25) is 0 Å². The maximum atomic E-state index is 12.4. The standard InChI is InChI=1S/C26H34O3/c1-3-5-19-28-24-15-13-23(14-16-24)26(27)29-25-17-11-22(12-18-25)21-9-7-20(6-4-2)8-10-21/h11-18,20-21H,3-10,19H2,1-2H3. The number of carbonyl (C=O) groups excluding carboxylic acids is 1. The molecule has 1 saturated carbocycles. The minimum Gasteiger partial charge on any atom is -0.494 e. The van der Waals surface area contributed by atoms with Crippen molar-refractivity contribution in [1.29, 1.82) is 0 Å². The molecule has 0 unspecified atom stereocenters. The highest BCUT2D eigenvalue weighted by atomic mass is 16.5. The number of benzene rings is 2. The number of rotatable bonds is 9. The zero-order chi connectivity index (χ0) is 20.5. The summed E-state index contributed by atoms with van der Waals surface area (Å²) in [5.41, 5.74) is 1.90. The highest BCUT2D eigenvalue weighted by Crippen LogP contribution is 2.37. The average molecular weight is 395 g/mol. The van der Waals surface area contributed by atoms with E-state index in [1.54, 1.807) is 12.1 Å². The van der Waals surface area contributed by atoms with E-state index in [1.165, 1.54) is 44.1 Å². The van der Waals surface area contributed by atoms with Gasteiger partial charge in [-0.15, -0.1) is 0 Å². The van der Waals surface area contributed by atoms with Crippen LogP contribution in [0, 0.1) is 5.92 Å². The zero-order valence-electron chi connectivity index (χ0n) is 17.9. The third-order valence-corrected chi connectivity index (χ3v) is 5.96. The molecule has 2 aromatic carbocycles. The second-order valence-electron chi connectivity index (χ2n) is 8.19. The summed E-state index contributed by atoms with van der Waals surface area (Å²) in [4.78, 5) is 12.4. The molecular formula is C26H34O3. The van der Waals surface area contributed by atoms with Crippen molar-refractivity contribution in [2.75, 3.05) is 6.61 Å². The topological polar surface area (TPSA) is 35.5 Å². The molecule has 0 atom stereocenters. The van der Waals surface area contributed by atoms with Crippen LogP contribution in [0.4, 0.5) is 0 Å². The van der Waals surface area contributed by atoms with Crippen LogP contribution in [0.2, 0.25) is 0 Å². The number of unbranched alkanes of at least 4 members (excludes halogenated alkanes) is 1. The lowest BCUT2D eigenvalue weighted by molar-refractivity contribution is 0.0734. The fourth-order valence-electron chi connectivity index (χ4n) is 4.19. The van der Waals surface area contributed by atoms with Gasteiger partial charge in [0.2, 0.25) is 0 Å². The first-order valence-corrected chi connectivity index (χ1v) is 11.2. The van der Waals surface area contributed by atoms with Crippen LogP contribution in [0.25, 0.3) is 0 Å². The van der Waals surface area contributed by atoms with Gasteiger partial charge >= 0.3 is 5.97 Å². The molecule has 0 bridgehead atoms. The summed E-state index contributed by atoms with van der Waals surface area (Å²) in [7, 11) is 0. The van der Waals surface area contributed by atoms with E-state index in [-0.39, 0.29) is 5.97 Å². The fraction of sp³-hybridized carbons (Fsp3) is 0.500. The van der Waals surface area contributed by atoms with Gasteiger partial charge in [0.25, 0.3) is 0 Å². The number of hydrogen-bond acceptors (Lipinski definition) is 3. The molecule has 29 heavy (non-hydrogen) atoms. The van der Waals surface area contributed by atoms with Crippen molar-refractivity contribution in [3.05, 3.63) is 59.7 Å². The van der Waals surface area contributed by atoms with Crippen LogP contribution in [0.5, 0.6) is 11.5 Å². The summed E-state index contributed by atoms with van der Waals surface area (Å²) in [6.45, 7) is 5.11. The largest absolute Gasteiger partial charge is 0.494 e. The van der Waals surface area contributed by atoms with E-state index in [1.807, 2.05) is 24.3 Å². The maximum absolute atomic E-state index is 12.4. The smallest absolute Gasteiger partial charge is 0.343 e. The second kappa shape index (κ2) is 11.0. The third-order valence-electron chi connectivity index (χ3n) is 5.96. The van der Waals surface area contributed by atoms with Gasteiger partial charge in [-0.05, 0) is 85.9 Å². The van der Waals surface area contributed by atoms with Crippen molar-refractivity contribution in [2.45, 2.75) is 71.1 Å². The van der Waals surface area contributed by atoms with E-state index in [9.17, 15) is 4.79 Å². The van der Waals surface area contributed by atoms with E-state index < -0.39 is 0 Å². The lowest BCUT2D eigenvalue weighted by atomic mass is 9.77. The van der Waals surface area contributed by atoms with Crippen LogP contribution >= 0.6 is 0 Å². The molecular weight excluding hydrogens is 360 g/mol. The first-order chi connectivity index (χ1) is 14.2. The SMILES string of the molecule is CCCCOc1ccc(C(=O)Oc2ccc(C3CCC(CCC)CC3)cc2)cc1. The summed E-state index contributed by atoms with van der Waals surface area (Å²) in [5, 5.41) is 0. The molecule has 1 aliphatic carbocycles. The molecule has 3 heteroatoms. The molecule has 0 amide bonds. The molecule has 0 aromatic heterocycles. The van der Waals surface area contributed by atoms with Crippen LogP contribution in [-0.2, 0) is 0 Å². The van der Waals surface area contributed by atoms with Crippen molar-refractivity contribution >= 4 is 5.97 Å². The Bertz CT molecular complexity index is 741. The lowest BCUT2D eigenvalue weighted by Crippen LogP contribution is -2.13. The summed E-state index contributed by atoms with van der Waals surface area (Å²) < 4.78 is 11.2. The molecule has 0 spiro atoms. The molecule has 3 nitrogen and oxygen atoms in total. The molecule has 3 rings (SSSR count). The Labute approximate surface area is 175 Å². The predicted octanol–water partition coefficient (Wildman–Crippen LogP) is 7.16. The Morgan fingerprint density at radius 2 is 1.52 bits per heavy atom.